The van der Waals surface area contributed by atoms with Gasteiger partial charge in [0.15, 0.2) is 0 Å². The number of anilines is 1. The molecule has 0 saturated heterocycles. The number of aromatic nitrogens is 3. The molecule has 29 heavy (non-hydrogen) atoms. The third-order valence-corrected chi connectivity index (χ3v) is 5.19. The van der Waals surface area contributed by atoms with E-state index in [9.17, 15) is 4.79 Å². The number of amides is 1. The molecule has 5 heteroatoms. The monoisotopic (exact) mass is 384 g/mol. The molecular weight excluding hydrogens is 360 g/mol. The predicted molar refractivity (Wildman–Crippen MR) is 116 cm³/mol. The van der Waals surface area contributed by atoms with Crippen molar-refractivity contribution in [2.24, 2.45) is 0 Å². The van der Waals surface area contributed by atoms with Crippen molar-refractivity contribution >= 4 is 11.6 Å². The number of hydrogen-bond acceptors (Lipinski definition) is 2. The van der Waals surface area contributed by atoms with Crippen LogP contribution >= 0.6 is 0 Å². The lowest BCUT2D eigenvalue weighted by Crippen LogP contribution is -2.13. The van der Waals surface area contributed by atoms with E-state index in [4.69, 9.17) is 0 Å². The minimum atomic E-state index is -0.142. The van der Waals surface area contributed by atoms with E-state index in [0.29, 0.717) is 5.56 Å². The highest BCUT2D eigenvalue weighted by atomic mass is 16.1. The van der Waals surface area contributed by atoms with Crippen LogP contribution in [0.2, 0.25) is 0 Å². The van der Waals surface area contributed by atoms with Crippen molar-refractivity contribution in [3.63, 3.8) is 0 Å². The summed E-state index contributed by atoms with van der Waals surface area (Å²) in [4.78, 5) is 12.8. The van der Waals surface area contributed by atoms with E-state index >= 15 is 0 Å². The van der Waals surface area contributed by atoms with Crippen LogP contribution in [0.3, 0.4) is 0 Å². The van der Waals surface area contributed by atoms with Crippen LogP contribution in [0.15, 0.2) is 66.7 Å². The molecule has 146 valence electrons. The van der Waals surface area contributed by atoms with E-state index in [1.807, 2.05) is 73.1 Å². The number of rotatable bonds is 4. The van der Waals surface area contributed by atoms with E-state index in [-0.39, 0.29) is 5.91 Å². The first-order valence-electron chi connectivity index (χ1n) is 9.64. The molecule has 2 heterocycles. The summed E-state index contributed by atoms with van der Waals surface area (Å²) in [7, 11) is 0. The van der Waals surface area contributed by atoms with Gasteiger partial charge in [-0.2, -0.15) is 5.10 Å². The third kappa shape index (κ3) is 3.47. The Hall–Kier alpha value is -3.60. The molecule has 4 aromatic rings. The molecule has 0 unspecified atom stereocenters. The molecule has 0 atom stereocenters. The van der Waals surface area contributed by atoms with Crippen molar-refractivity contribution in [2.75, 3.05) is 5.32 Å². The van der Waals surface area contributed by atoms with Gasteiger partial charge in [0.25, 0.3) is 5.91 Å². The Morgan fingerprint density at radius 2 is 1.41 bits per heavy atom. The van der Waals surface area contributed by atoms with Gasteiger partial charge in [0.05, 0.1) is 22.8 Å². The highest BCUT2D eigenvalue weighted by molar-refractivity contribution is 6.05. The average molecular weight is 384 g/mol. The Bertz CT molecular complexity index is 1150. The number of hydrogen-bond donors (Lipinski definition) is 1. The molecule has 2 aromatic heterocycles. The normalized spacial score (nSPS) is 10.9. The molecule has 0 fully saturated rings. The molecule has 0 bridgehead atoms. The topological polar surface area (TPSA) is 51.9 Å². The summed E-state index contributed by atoms with van der Waals surface area (Å²) >= 11 is 0. The maximum atomic E-state index is 12.8. The first-order valence-corrected chi connectivity index (χ1v) is 9.64. The second kappa shape index (κ2) is 7.43. The Balaban J connectivity index is 1.58. The van der Waals surface area contributed by atoms with Gasteiger partial charge >= 0.3 is 0 Å². The van der Waals surface area contributed by atoms with Gasteiger partial charge in [-0.25, -0.2) is 4.68 Å². The number of benzene rings is 2. The minimum Gasteiger partial charge on any atom is -0.319 e. The summed E-state index contributed by atoms with van der Waals surface area (Å²) in [5, 5.41) is 7.63. The third-order valence-electron chi connectivity index (χ3n) is 5.19. The zero-order chi connectivity index (χ0) is 20.5. The number of carbonyl (C=O) groups excluding carboxylic acids is 1. The summed E-state index contributed by atoms with van der Waals surface area (Å²) in [6, 6.07) is 21.7. The van der Waals surface area contributed by atoms with Crippen LogP contribution in [-0.2, 0) is 0 Å². The molecule has 4 rings (SSSR count). The summed E-state index contributed by atoms with van der Waals surface area (Å²) in [5.74, 6) is -0.142. The maximum absolute atomic E-state index is 12.8. The fourth-order valence-corrected chi connectivity index (χ4v) is 3.67. The van der Waals surface area contributed by atoms with E-state index in [1.54, 1.807) is 0 Å². The Labute approximate surface area is 170 Å². The van der Waals surface area contributed by atoms with Gasteiger partial charge in [-0.15, -0.1) is 0 Å². The first kappa shape index (κ1) is 18.7. The second-order valence-electron chi connectivity index (χ2n) is 7.25. The average Bonchev–Trinajstić information content (AvgIpc) is 3.21. The lowest BCUT2D eigenvalue weighted by molar-refractivity contribution is 0.102. The van der Waals surface area contributed by atoms with E-state index in [2.05, 4.69) is 41.0 Å². The van der Waals surface area contributed by atoms with Gasteiger partial charge < -0.3 is 9.88 Å². The zero-order valence-electron chi connectivity index (χ0n) is 17.1. The molecule has 0 saturated carbocycles. The SMILES string of the molecule is Cc1nn(-c2ccccc2)c(C)c1NC(=O)c1ccc(-n2c(C)ccc2C)cc1. The van der Waals surface area contributed by atoms with Crippen molar-refractivity contribution in [3.05, 3.63) is 95.1 Å². The number of nitrogens with zero attached hydrogens (tertiary/aromatic N) is 3. The van der Waals surface area contributed by atoms with Crippen LogP contribution in [0.5, 0.6) is 0 Å². The molecular formula is C24H24N4O. The van der Waals surface area contributed by atoms with Gasteiger partial charge in [-0.1, -0.05) is 18.2 Å². The molecule has 0 aliphatic rings. The van der Waals surface area contributed by atoms with Crippen molar-refractivity contribution in [2.45, 2.75) is 27.7 Å². The Morgan fingerprint density at radius 3 is 2.03 bits per heavy atom. The van der Waals surface area contributed by atoms with Gasteiger partial charge in [-0.3, -0.25) is 4.79 Å². The van der Waals surface area contributed by atoms with Crippen LogP contribution < -0.4 is 5.32 Å². The first-order chi connectivity index (χ1) is 14.0. The smallest absolute Gasteiger partial charge is 0.255 e. The summed E-state index contributed by atoms with van der Waals surface area (Å²) < 4.78 is 4.02. The molecule has 5 nitrogen and oxygen atoms in total. The predicted octanol–water partition coefficient (Wildman–Crippen LogP) is 5.15. The molecule has 1 amide bonds. The molecule has 0 spiro atoms. The Kier molecular flexibility index (Phi) is 4.80. The van der Waals surface area contributed by atoms with Crippen molar-refractivity contribution in [1.82, 2.24) is 14.3 Å². The van der Waals surface area contributed by atoms with E-state index in [1.165, 1.54) is 11.4 Å². The van der Waals surface area contributed by atoms with Gasteiger partial charge in [0.1, 0.15) is 0 Å². The standard InChI is InChI=1S/C24H24N4O/c1-16-10-11-17(2)27(16)21-14-12-20(13-15-21)24(29)25-23-18(3)26-28(19(23)4)22-8-6-5-7-9-22/h5-15H,1-4H3,(H,25,29). The summed E-state index contributed by atoms with van der Waals surface area (Å²) in [5.41, 5.74) is 7.40. The number of aryl methyl sites for hydroxylation is 3. The quantitative estimate of drug-likeness (QED) is 0.529. The van der Waals surface area contributed by atoms with Crippen LogP contribution in [0.4, 0.5) is 5.69 Å². The number of nitrogens with one attached hydrogen (secondary N) is 1. The van der Waals surface area contributed by atoms with Crippen LogP contribution in [0.25, 0.3) is 11.4 Å². The fourth-order valence-electron chi connectivity index (χ4n) is 3.67. The largest absolute Gasteiger partial charge is 0.319 e. The Morgan fingerprint density at radius 1 is 0.793 bits per heavy atom. The van der Waals surface area contributed by atoms with Crippen molar-refractivity contribution < 1.29 is 4.79 Å². The van der Waals surface area contributed by atoms with Crippen LogP contribution in [0, 0.1) is 27.7 Å². The van der Waals surface area contributed by atoms with Gasteiger partial charge in [0.2, 0.25) is 0 Å². The second-order valence-corrected chi connectivity index (χ2v) is 7.25. The van der Waals surface area contributed by atoms with Crippen LogP contribution in [-0.4, -0.2) is 20.3 Å². The van der Waals surface area contributed by atoms with Crippen molar-refractivity contribution in [3.8, 4) is 11.4 Å². The molecule has 0 aliphatic carbocycles. The highest BCUT2D eigenvalue weighted by Gasteiger charge is 2.16. The van der Waals surface area contributed by atoms with Crippen LogP contribution in [0.1, 0.15) is 33.1 Å². The summed E-state index contributed by atoms with van der Waals surface area (Å²) in [6.07, 6.45) is 0. The van der Waals surface area contributed by atoms with E-state index < -0.39 is 0 Å². The van der Waals surface area contributed by atoms with E-state index in [0.717, 1.165) is 28.5 Å². The lowest BCUT2D eigenvalue weighted by Gasteiger charge is -2.11. The molecule has 2 aromatic carbocycles. The molecule has 0 radical (unpaired) electrons. The van der Waals surface area contributed by atoms with Gasteiger partial charge in [-0.05, 0) is 76.2 Å². The van der Waals surface area contributed by atoms with Gasteiger partial charge in [0, 0.05) is 22.6 Å². The van der Waals surface area contributed by atoms with Crippen molar-refractivity contribution in [1.29, 1.82) is 0 Å². The molecule has 0 aliphatic heterocycles. The minimum absolute atomic E-state index is 0.142. The highest BCUT2D eigenvalue weighted by Crippen LogP contribution is 2.24. The number of carbonyl (C=O) groups is 1. The number of para-hydroxylation sites is 1. The fraction of sp³-hybridized carbons (Fsp3) is 0.167. The molecule has 1 N–H and O–H groups in total. The lowest BCUT2D eigenvalue weighted by atomic mass is 10.1. The zero-order valence-corrected chi connectivity index (χ0v) is 17.1. The maximum Gasteiger partial charge on any atom is 0.255 e. The summed E-state index contributed by atoms with van der Waals surface area (Å²) in [6.45, 7) is 8.01.